The van der Waals surface area contributed by atoms with E-state index >= 15 is 0 Å². The Morgan fingerprint density at radius 1 is 0.348 bits per heavy atom. The molecule has 0 saturated heterocycles. The number of para-hydroxylation sites is 2. The Morgan fingerprint density at radius 2 is 0.761 bits per heavy atom. The van der Waals surface area contributed by atoms with Crippen LogP contribution in [0.2, 0.25) is 0 Å². The molecule has 4 heterocycles. The Balaban J connectivity index is 1.39. The number of aromatic nitrogens is 4. The van der Waals surface area contributed by atoms with Gasteiger partial charge in [0.05, 0.1) is 33.5 Å². The zero-order valence-electron chi connectivity index (χ0n) is 24.8. The molecule has 0 spiro atoms. The van der Waals surface area contributed by atoms with Crippen LogP contribution >= 0.6 is 0 Å². The highest BCUT2D eigenvalue weighted by Gasteiger charge is 2.18. The first-order chi connectivity index (χ1) is 22.8. The lowest BCUT2D eigenvalue weighted by atomic mass is 9.94. The quantitative estimate of drug-likeness (QED) is 0.193. The number of rotatable bonds is 4. The lowest BCUT2D eigenvalue weighted by molar-refractivity contribution is 1.35. The summed E-state index contributed by atoms with van der Waals surface area (Å²) in [6.07, 6.45) is 3.94. The van der Waals surface area contributed by atoms with E-state index in [4.69, 9.17) is 19.9 Å². The predicted octanol–water partition coefficient (Wildman–Crippen LogP) is 10.5. The van der Waals surface area contributed by atoms with Crippen molar-refractivity contribution >= 4 is 43.6 Å². The molecule has 0 unspecified atom stereocenters. The van der Waals surface area contributed by atoms with Crippen molar-refractivity contribution < 1.29 is 0 Å². The first-order valence-electron chi connectivity index (χ1n) is 15.4. The molecule has 0 fully saturated rings. The van der Waals surface area contributed by atoms with Crippen LogP contribution in [-0.4, -0.2) is 19.9 Å². The van der Waals surface area contributed by atoms with E-state index in [0.717, 1.165) is 88.4 Å². The molecule has 4 aromatic heterocycles. The molecule has 0 aliphatic carbocycles. The van der Waals surface area contributed by atoms with Gasteiger partial charge in [-0.15, -0.1) is 0 Å². The fourth-order valence-corrected chi connectivity index (χ4v) is 6.40. The van der Waals surface area contributed by atoms with Crippen LogP contribution in [0.1, 0.15) is 0 Å². The van der Waals surface area contributed by atoms with Crippen LogP contribution in [-0.2, 0) is 0 Å². The highest BCUT2D eigenvalue weighted by molar-refractivity contribution is 6.13. The van der Waals surface area contributed by atoms with Gasteiger partial charge in [0.15, 0.2) is 0 Å². The van der Waals surface area contributed by atoms with Gasteiger partial charge in [0.1, 0.15) is 0 Å². The molecule has 214 valence electrons. The molecule has 0 saturated carbocycles. The van der Waals surface area contributed by atoms with Crippen molar-refractivity contribution in [1.82, 2.24) is 19.9 Å². The summed E-state index contributed by atoms with van der Waals surface area (Å²) in [7, 11) is 0. The van der Waals surface area contributed by atoms with Crippen molar-refractivity contribution in [2.75, 3.05) is 0 Å². The second-order valence-corrected chi connectivity index (χ2v) is 11.5. The van der Waals surface area contributed by atoms with Gasteiger partial charge in [-0.2, -0.15) is 0 Å². The summed E-state index contributed by atoms with van der Waals surface area (Å²) in [4.78, 5) is 20.3. The maximum atomic E-state index is 5.34. The summed E-state index contributed by atoms with van der Waals surface area (Å²) in [6.45, 7) is 0. The maximum Gasteiger partial charge on any atom is 0.0978 e. The summed E-state index contributed by atoms with van der Waals surface area (Å²) < 4.78 is 0. The number of benzene rings is 5. The summed E-state index contributed by atoms with van der Waals surface area (Å²) in [5.41, 5.74) is 11.8. The van der Waals surface area contributed by atoms with Crippen LogP contribution in [0.25, 0.3) is 88.4 Å². The lowest BCUT2D eigenvalue weighted by Gasteiger charge is -2.15. The second kappa shape index (κ2) is 10.7. The lowest BCUT2D eigenvalue weighted by Crippen LogP contribution is -1.96. The molecule has 0 radical (unpaired) electrons. The van der Waals surface area contributed by atoms with E-state index in [2.05, 4.69) is 109 Å². The molecule has 9 aromatic rings. The largest absolute Gasteiger partial charge is 0.256 e. The van der Waals surface area contributed by atoms with Crippen molar-refractivity contribution in [1.29, 1.82) is 0 Å². The number of hydrogen-bond acceptors (Lipinski definition) is 4. The molecule has 0 amide bonds. The average molecular weight is 587 g/mol. The van der Waals surface area contributed by atoms with Gasteiger partial charge >= 0.3 is 0 Å². The van der Waals surface area contributed by atoms with Crippen molar-refractivity contribution in [2.24, 2.45) is 0 Å². The smallest absolute Gasteiger partial charge is 0.0978 e. The molecule has 0 aliphatic heterocycles. The minimum absolute atomic E-state index is 0.856. The second-order valence-electron chi connectivity index (χ2n) is 11.5. The van der Waals surface area contributed by atoms with E-state index in [1.54, 1.807) is 0 Å². The summed E-state index contributed by atoms with van der Waals surface area (Å²) in [6, 6.07) is 50.4. The summed E-state index contributed by atoms with van der Waals surface area (Å²) in [5.74, 6) is 0. The van der Waals surface area contributed by atoms with Crippen molar-refractivity contribution in [3.63, 3.8) is 0 Å². The molecule has 46 heavy (non-hydrogen) atoms. The Kier molecular flexibility index (Phi) is 6.10. The van der Waals surface area contributed by atoms with Gasteiger partial charge in [-0.05, 0) is 47.5 Å². The van der Waals surface area contributed by atoms with E-state index in [1.165, 1.54) is 0 Å². The van der Waals surface area contributed by atoms with Crippen molar-refractivity contribution in [2.45, 2.75) is 0 Å². The van der Waals surface area contributed by atoms with Crippen LogP contribution in [0.3, 0.4) is 0 Å². The number of nitrogens with zero attached hydrogens (tertiary/aromatic N) is 4. The normalized spacial score (nSPS) is 11.5. The standard InChI is InChI=1S/C42H26N4/c1-3-11-27(12-4-1)39-23-35(31-21-29-15-7-9-17-37(29)43-25-31)33-19-20-34-36(32-22-30-16-8-10-18-38(30)44-26-32)24-40(28-13-5-2-6-14-28)46-42(34)41(33)45-39/h1-26H. The Hall–Kier alpha value is -6.26. The maximum absolute atomic E-state index is 5.34. The van der Waals surface area contributed by atoms with Crippen molar-refractivity contribution in [3.8, 4) is 44.8 Å². The van der Waals surface area contributed by atoms with Crippen LogP contribution < -0.4 is 0 Å². The molecule has 4 nitrogen and oxygen atoms in total. The molecular formula is C42H26N4. The van der Waals surface area contributed by atoms with Crippen LogP contribution in [0.5, 0.6) is 0 Å². The Bertz CT molecular complexity index is 2400. The van der Waals surface area contributed by atoms with Crippen LogP contribution in [0.15, 0.2) is 158 Å². The van der Waals surface area contributed by atoms with Gasteiger partial charge in [0, 0.05) is 56.2 Å². The van der Waals surface area contributed by atoms with E-state index in [-0.39, 0.29) is 0 Å². The van der Waals surface area contributed by atoms with Gasteiger partial charge in [-0.1, -0.05) is 109 Å². The monoisotopic (exact) mass is 586 g/mol. The third-order valence-corrected chi connectivity index (χ3v) is 8.70. The third-order valence-electron chi connectivity index (χ3n) is 8.70. The molecule has 0 atom stereocenters. The average Bonchev–Trinajstić information content (AvgIpc) is 3.14. The molecule has 9 rings (SSSR count). The van der Waals surface area contributed by atoms with Gasteiger partial charge in [0.25, 0.3) is 0 Å². The number of hydrogen-bond donors (Lipinski definition) is 0. The summed E-state index contributed by atoms with van der Waals surface area (Å²) in [5, 5.41) is 4.26. The van der Waals surface area contributed by atoms with Gasteiger partial charge in [-0.25, -0.2) is 9.97 Å². The van der Waals surface area contributed by atoms with Gasteiger partial charge in [-0.3, -0.25) is 9.97 Å². The van der Waals surface area contributed by atoms with Crippen LogP contribution in [0.4, 0.5) is 0 Å². The van der Waals surface area contributed by atoms with E-state index in [1.807, 2.05) is 48.8 Å². The third kappa shape index (κ3) is 4.47. The van der Waals surface area contributed by atoms with E-state index in [9.17, 15) is 0 Å². The molecule has 0 bridgehead atoms. The van der Waals surface area contributed by atoms with E-state index in [0.29, 0.717) is 0 Å². The van der Waals surface area contributed by atoms with Crippen molar-refractivity contribution in [3.05, 3.63) is 158 Å². The zero-order valence-corrected chi connectivity index (χ0v) is 24.8. The number of fused-ring (bicyclic) bond motifs is 5. The fraction of sp³-hybridized carbons (Fsp3) is 0. The molecular weight excluding hydrogens is 560 g/mol. The minimum atomic E-state index is 0.856. The van der Waals surface area contributed by atoms with E-state index < -0.39 is 0 Å². The highest BCUT2D eigenvalue weighted by atomic mass is 14.8. The predicted molar refractivity (Wildman–Crippen MR) is 189 cm³/mol. The number of pyridine rings is 4. The van der Waals surface area contributed by atoms with Crippen LogP contribution in [0, 0.1) is 0 Å². The Labute approximate surface area is 265 Å². The molecule has 0 N–H and O–H groups in total. The minimum Gasteiger partial charge on any atom is -0.256 e. The van der Waals surface area contributed by atoms with Gasteiger partial charge in [0.2, 0.25) is 0 Å². The summed E-state index contributed by atoms with van der Waals surface area (Å²) >= 11 is 0. The molecule has 4 heteroatoms. The first-order valence-corrected chi connectivity index (χ1v) is 15.4. The Morgan fingerprint density at radius 3 is 1.22 bits per heavy atom. The molecule has 0 aliphatic rings. The first kappa shape index (κ1) is 26.2. The fourth-order valence-electron chi connectivity index (χ4n) is 6.40. The van der Waals surface area contributed by atoms with Gasteiger partial charge < -0.3 is 0 Å². The highest BCUT2D eigenvalue weighted by Crippen LogP contribution is 2.40. The topological polar surface area (TPSA) is 51.6 Å². The SMILES string of the molecule is c1ccc(-c2cc(-c3cnc4ccccc4c3)c3ccc4c(-c5cnc6ccccc6c5)cc(-c5ccccc5)nc4c3n2)cc1. The zero-order chi connectivity index (χ0) is 30.5. The molecule has 5 aromatic carbocycles.